The van der Waals surface area contributed by atoms with Gasteiger partial charge in [-0.05, 0) is 44.9 Å². The van der Waals surface area contributed by atoms with Crippen molar-refractivity contribution in [1.29, 1.82) is 0 Å². The summed E-state index contributed by atoms with van der Waals surface area (Å²) in [4.78, 5) is 24.5. The van der Waals surface area contributed by atoms with Gasteiger partial charge in [-0.25, -0.2) is 0 Å². The summed E-state index contributed by atoms with van der Waals surface area (Å²) in [5, 5.41) is 10.1. The van der Waals surface area contributed by atoms with Crippen LogP contribution in [0.4, 0.5) is 0 Å². The van der Waals surface area contributed by atoms with Gasteiger partial charge in [0.15, 0.2) is 5.76 Å². The molecule has 0 fully saturated rings. The molecular formula is C25H38O5. The minimum absolute atomic E-state index is 0.127. The highest BCUT2D eigenvalue weighted by Crippen LogP contribution is 2.27. The minimum Gasteiger partial charge on any atom is -0.504 e. The van der Waals surface area contributed by atoms with Gasteiger partial charge in [0.1, 0.15) is 0 Å². The van der Waals surface area contributed by atoms with Gasteiger partial charge in [0.05, 0.1) is 14.2 Å². The largest absolute Gasteiger partial charge is 0.504 e. The molecule has 1 N–H and O–H groups in total. The number of aliphatic hydroxyl groups is 1. The number of unbranched alkanes of at least 4 members (excludes halogenated alkanes) is 8. The molecule has 0 saturated carbocycles. The first-order valence-corrected chi connectivity index (χ1v) is 11.2. The Bertz CT molecular complexity index is 667. The van der Waals surface area contributed by atoms with Crippen LogP contribution in [-0.2, 0) is 19.1 Å². The summed E-state index contributed by atoms with van der Waals surface area (Å²) in [6.45, 7) is 2.22. The second-order valence-corrected chi connectivity index (χ2v) is 7.53. The van der Waals surface area contributed by atoms with Crippen LogP contribution in [0.5, 0.6) is 0 Å². The van der Waals surface area contributed by atoms with Crippen molar-refractivity contribution in [3.63, 3.8) is 0 Å². The Kier molecular flexibility index (Phi) is 13.3. The minimum atomic E-state index is -0.688. The van der Waals surface area contributed by atoms with E-state index in [0.29, 0.717) is 6.42 Å². The van der Waals surface area contributed by atoms with Crippen LogP contribution >= 0.6 is 0 Å². The molecular weight excluding hydrogens is 380 g/mol. The van der Waals surface area contributed by atoms with Crippen LogP contribution in [0.1, 0.15) is 84.0 Å². The van der Waals surface area contributed by atoms with Gasteiger partial charge in [-0.15, -0.1) is 0 Å². The van der Waals surface area contributed by atoms with Crippen molar-refractivity contribution in [2.24, 2.45) is 0 Å². The van der Waals surface area contributed by atoms with Gasteiger partial charge in [-0.1, -0.05) is 63.3 Å². The van der Waals surface area contributed by atoms with E-state index in [1.165, 1.54) is 39.9 Å². The number of hydrogen-bond donors (Lipinski definition) is 1. The molecule has 0 aliphatic heterocycles. The Balaban J connectivity index is 2.18. The van der Waals surface area contributed by atoms with E-state index >= 15 is 0 Å². The quantitative estimate of drug-likeness (QED) is 0.182. The Morgan fingerprint density at radius 2 is 1.27 bits per heavy atom. The van der Waals surface area contributed by atoms with Gasteiger partial charge in [-0.3, -0.25) is 9.59 Å². The Morgan fingerprint density at radius 1 is 0.733 bits per heavy atom. The maximum absolute atomic E-state index is 12.4. The zero-order chi connectivity index (χ0) is 22.2. The lowest BCUT2D eigenvalue weighted by Crippen LogP contribution is -2.26. The number of Topliss-reactive ketones (excluding diaryl/α,β-unsaturated/α-hetero) is 2. The number of carbonyl (C=O) groups excluding carboxylic acids is 2. The van der Waals surface area contributed by atoms with E-state index in [1.54, 1.807) is 0 Å². The van der Waals surface area contributed by atoms with Crippen LogP contribution in [-0.4, -0.2) is 30.9 Å². The summed E-state index contributed by atoms with van der Waals surface area (Å²) < 4.78 is 9.92. The number of rotatable bonds is 16. The molecule has 0 amide bonds. The summed E-state index contributed by atoms with van der Waals surface area (Å²) in [5.41, 5.74) is 0.128. The molecule has 30 heavy (non-hydrogen) atoms. The van der Waals surface area contributed by atoms with Crippen molar-refractivity contribution in [3.8, 4) is 0 Å². The molecule has 5 nitrogen and oxygen atoms in total. The number of allylic oxidation sites excluding steroid dienone is 5. The van der Waals surface area contributed by atoms with E-state index in [-0.39, 0.29) is 17.1 Å². The van der Waals surface area contributed by atoms with Crippen molar-refractivity contribution in [2.45, 2.75) is 84.0 Å². The third-order valence-corrected chi connectivity index (χ3v) is 5.18. The van der Waals surface area contributed by atoms with Gasteiger partial charge in [0.2, 0.25) is 17.3 Å². The molecule has 0 aromatic heterocycles. The van der Waals surface area contributed by atoms with Gasteiger partial charge < -0.3 is 14.6 Å². The Hall–Kier alpha value is -2.30. The third kappa shape index (κ3) is 8.60. The fraction of sp³-hybridized carbons (Fsp3) is 0.600. The molecule has 168 valence electrons. The van der Waals surface area contributed by atoms with E-state index in [4.69, 9.17) is 9.47 Å². The van der Waals surface area contributed by atoms with Gasteiger partial charge in [0, 0.05) is 5.57 Å². The summed E-state index contributed by atoms with van der Waals surface area (Å²) in [6, 6.07) is 0. The summed E-state index contributed by atoms with van der Waals surface area (Å²) in [6.07, 6.45) is 21.6. The van der Waals surface area contributed by atoms with E-state index < -0.39 is 17.3 Å². The summed E-state index contributed by atoms with van der Waals surface area (Å²) >= 11 is 0. The number of ether oxygens (including phenoxy) is 2. The number of aliphatic hydroxyl groups excluding tert-OH is 1. The lowest BCUT2D eigenvalue weighted by Gasteiger charge is -2.18. The first-order valence-electron chi connectivity index (χ1n) is 11.2. The Morgan fingerprint density at radius 3 is 1.87 bits per heavy atom. The molecule has 0 radical (unpaired) electrons. The number of ketones is 2. The van der Waals surface area contributed by atoms with Crippen molar-refractivity contribution >= 4 is 11.6 Å². The van der Waals surface area contributed by atoms with Crippen LogP contribution in [0.15, 0.2) is 47.2 Å². The smallest absolute Gasteiger partial charge is 0.266 e. The topological polar surface area (TPSA) is 72.8 Å². The maximum Gasteiger partial charge on any atom is 0.266 e. The van der Waals surface area contributed by atoms with Crippen LogP contribution < -0.4 is 0 Å². The average molecular weight is 419 g/mol. The van der Waals surface area contributed by atoms with Crippen LogP contribution in [0.2, 0.25) is 0 Å². The highest BCUT2D eigenvalue weighted by atomic mass is 16.5. The average Bonchev–Trinajstić information content (AvgIpc) is 2.75. The fourth-order valence-electron chi connectivity index (χ4n) is 3.41. The zero-order valence-corrected chi connectivity index (χ0v) is 18.9. The normalized spacial score (nSPS) is 15.2. The fourth-order valence-corrected chi connectivity index (χ4v) is 3.41. The monoisotopic (exact) mass is 418 g/mol. The zero-order valence-electron chi connectivity index (χ0n) is 18.9. The first-order chi connectivity index (χ1) is 14.6. The van der Waals surface area contributed by atoms with Crippen LogP contribution in [0, 0.1) is 0 Å². The summed E-state index contributed by atoms with van der Waals surface area (Å²) in [7, 11) is 2.59. The third-order valence-electron chi connectivity index (χ3n) is 5.18. The van der Waals surface area contributed by atoms with Crippen LogP contribution in [0.25, 0.3) is 0 Å². The molecule has 1 aliphatic carbocycles. The molecule has 0 heterocycles. The number of hydrogen-bond acceptors (Lipinski definition) is 5. The standard InChI is InChI=1S/C25H38O5/c1-4-5-6-7-8-9-10-11-12-13-14-15-16-17-18-19-20-21(26)23(28)25(30-3)24(29-2)22(20)27/h8-9,11-12,26H,4-7,10,13-19H2,1-3H3/b9-8+,12-11+. The molecule has 1 aliphatic rings. The Labute approximate surface area is 181 Å². The lowest BCUT2D eigenvalue weighted by atomic mass is 9.93. The van der Waals surface area contributed by atoms with E-state index in [9.17, 15) is 14.7 Å². The SMILES string of the molecule is CCCCC/C=C/C/C=C/CCCCCCCC1=C(O)C(=O)C(OC)=C(OC)C1=O. The summed E-state index contributed by atoms with van der Waals surface area (Å²) in [5.74, 6) is -2.02. The number of carbonyl (C=O) groups is 2. The molecule has 0 atom stereocenters. The first kappa shape index (κ1) is 25.7. The predicted octanol–water partition coefficient (Wildman–Crippen LogP) is 6.27. The molecule has 0 unspecified atom stereocenters. The molecule has 0 bridgehead atoms. The van der Waals surface area contributed by atoms with E-state index in [2.05, 4.69) is 31.2 Å². The lowest BCUT2D eigenvalue weighted by molar-refractivity contribution is -0.123. The molecule has 1 rings (SSSR count). The van der Waals surface area contributed by atoms with Gasteiger partial charge in [-0.2, -0.15) is 0 Å². The second kappa shape index (κ2) is 15.5. The molecule has 0 saturated heterocycles. The molecule has 0 aromatic carbocycles. The van der Waals surface area contributed by atoms with E-state index in [1.807, 2.05) is 0 Å². The molecule has 5 heteroatoms. The van der Waals surface area contributed by atoms with Gasteiger partial charge >= 0.3 is 0 Å². The highest BCUT2D eigenvalue weighted by Gasteiger charge is 2.36. The second-order valence-electron chi connectivity index (χ2n) is 7.53. The van der Waals surface area contributed by atoms with Gasteiger partial charge in [0.25, 0.3) is 5.78 Å². The van der Waals surface area contributed by atoms with Crippen molar-refractivity contribution < 1.29 is 24.2 Å². The highest BCUT2D eigenvalue weighted by molar-refractivity contribution is 6.22. The van der Waals surface area contributed by atoms with Crippen molar-refractivity contribution in [1.82, 2.24) is 0 Å². The number of methoxy groups -OCH3 is 2. The van der Waals surface area contributed by atoms with Crippen molar-refractivity contribution in [3.05, 3.63) is 47.2 Å². The van der Waals surface area contributed by atoms with E-state index in [0.717, 1.165) is 44.9 Å². The maximum atomic E-state index is 12.4. The molecule has 0 aromatic rings. The van der Waals surface area contributed by atoms with Crippen LogP contribution in [0.3, 0.4) is 0 Å². The predicted molar refractivity (Wildman–Crippen MR) is 120 cm³/mol. The van der Waals surface area contributed by atoms with Crippen molar-refractivity contribution in [2.75, 3.05) is 14.2 Å². The molecule has 0 spiro atoms.